The third-order valence-corrected chi connectivity index (χ3v) is 4.34. The molecule has 1 N–H and O–H groups in total. The second-order valence-electron chi connectivity index (χ2n) is 5.44. The highest BCUT2D eigenvalue weighted by atomic mass is 35.5. The van der Waals surface area contributed by atoms with Crippen LogP contribution in [-0.2, 0) is 9.47 Å². The fourth-order valence-electron chi connectivity index (χ4n) is 2.95. The summed E-state index contributed by atoms with van der Waals surface area (Å²) in [5, 5.41) is 13.6. The summed E-state index contributed by atoms with van der Waals surface area (Å²) in [6.45, 7) is 1.31. The maximum atomic E-state index is 9.58. The number of nitrogens with one attached hydrogen (secondary N) is 1. The first-order valence-electron chi connectivity index (χ1n) is 6.88. The average molecular weight is 293 g/mol. The van der Waals surface area contributed by atoms with Crippen LogP contribution in [0.25, 0.3) is 0 Å². The van der Waals surface area contributed by atoms with E-state index in [9.17, 15) is 5.26 Å². The van der Waals surface area contributed by atoms with Gasteiger partial charge in [0, 0.05) is 23.6 Å². The summed E-state index contributed by atoms with van der Waals surface area (Å²) in [6, 6.07) is 9.90. The van der Waals surface area contributed by atoms with Crippen LogP contribution in [-0.4, -0.2) is 24.5 Å². The van der Waals surface area contributed by atoms with Crippen LogP contribution in [0.15, 0.2) is 24.3 Å². The summed E-state index contributed by atoms with van der Waals surface area (Å²) in [5.74, 6) is -0.448. The van der Waals surface area contributed by atoms with Gasteiger partial charge in [-0.2, -0.15) is 5.26 Å². The van der Waals surface area contributed by atoms with Gasteiger partial charge in [0.1, 0.15) is 5.54 Å². The van der Waals surface area contributed by atoms with Gasteiger partial charge in [-0.15, -0.1) is 0 Å². The zero-order valence-electron chi connectivity index (χ0n) is 11.2. The summed E-state index contributed by atoms with van der Waals surface area (Å²) >= 11 is 5.99. The highest BCUT2D eigenvalue weighted by Crippen LogP contribution is 2.41. The zero-order valence-corrected chi connectivity index (χ0v) is 11.9. The first-order valence-corrected chi connectivity index (χ1v) is 7.26. The van der Waals surface area contributed by atoms with E-state index in [2.05, 4.69) is 11.4 Å². The van der Waals surface area contributed by atoms with Crippen molar-refractivity contribution in [2.24, 2.45) is 0 Å². The minimum atomic E-state index is -0.564. The number of benzene rings is 1. The number of anilines is 1. The molecule has 1 aromatic rings. The number of nitriles is 1. The summed E-state index contributed by atoms with van der Waals surface area (Å²) in [6.07, 6.45) is 2.90. The smallest absolute Gasteiger partial charge is 0.168 e. The minimum Gasteiger partial charge on any atom is -0.367 e. The molecule has 1 saturated carbocycles. The molecule has 0 aromatic heterocycles. The SMILES string of the molecule is N#CC1(Nc2cccc(Cl)c2)CCC2(CC1)OCCO2. The van der Waals surface area contributed by atoms with Crippen LogP contribution in [0.2, 0.25) is 5.02 Å². The van der Waals surface area contributed by atoms with Crippen LogP contribution < -0.4 is 5.32 Å². The van der Waals surface area contributed by atoms with Gasteiger partial charge in [0.05, 0.1) is 19.3 Å². The number of halogens is 1. The monoisotopic (exact) mass is 292 g/mol. The molecule has 2 fully saturated rings. The molecule has 2 aliphatic rings. The van der Waals surface area contributed by atoms with Gasteiger partial charge in [-0.25, -0.2) is 0 Å². The van der Waals surface area contributed by atoms with Gasteiger partial charge in [0.15, 0.2) is 5.79 Å². The molecule has 1 aliphatic heterocycles. The predicted octanol–water partition coefficient (Wildman–Crippen LogP) is 3.33. The lowest BCUT2D eigenvalue weighted by Gasteiger charge is -2.40. The molecule has 3 rings (SSSR count). The number of nitrogens with zero attached hydrogens (tertiary/aromatic N) is 1. The number of hydrogen-bond acceptors (Lipinski definition) is 4. The maximum Gasteiger partial charge on any atom is 0.168 e. The summed E-state index contributed by atoms with van der Waals surface area (Å²) in [4.78, 5) is 0. The van der Waals surface area contributed by atoms with Crippen molar-refractivity contribution in [3.63, 3.8) is 0 Å². The lowest BCUT2D eigenvalue weighted by molar-refractivity contribution is -0.180. The largest absolute Gasteiger partial charge is 0.367 e. The highest BCUT2D eigenvalue weighted by molar-refractivity contribution is 6.30. The van der Waals surface area contributed by atoms with Crippen molar-refractivity contribution in [1.29, 1.82) is 5.26 Å². The van der Waals surface area contributed by atoms with Gasteiger partial charge >= 0.3 is 0 Å². The molecule has 0 atom stereocenters. The Labute approximate surface area is 123 Å². The molecule has 0 radical (unpaired) electrons. The number of rotatable bonds is 2. The molecule has 1 saturated heterocycles. The van der Waals surface area contributed by atoms with Crippen molar-refractivity contribution in [2.75, 3.05) is 18.5 Å². The fraction of sp³-hybridized carbons (Fsp3) is 0.533. The van der Waals surface area contributed by atoms with E-state index in [1.165, 1.54) is 0 Å². The molecule has 0 unspecified atom stereocenters. The highest BCUT2D eigenvalue weighted by Gasteiger charge is 2.46. The summed E-state index contributed by atoms with van der Waals surface area (Å²) in [5.41, 5.74) is 0.314. The Morgan fingerprint density at radius 3 is 2.45 bits per heavy atom. The molecule has 1 spiro atoms. The summed E-state index contributed by atoms with van der Waals surface area (Å²) in [7, 11) is 0. The van der Waals surface area contributed by atoms with Crippen LogP contribution >= 0.6 is 11.6 Å². The molecule has 5 heteroatoms. The quantitative estimate of drug-likeness (QED) is 0.908. The first kappa shape index (κ1) is 13.7. The molecule has 1 aliphatic carbocycles. The molecular weight excluding hydrogens is 276 g/mol. The van der Waals surface area contributed by atoms with Crippen LogP contribution in [0.3, 0.4) is 0 Å². The molecule has 0 amide bonds. The Kier molecular flexibility index (Phi) is 3.59. The Morgan fingerprint density at radius 1 is 1.15 bits per heavy atom. The topological polar surface area (TPSA) is 54.3 Å². The second-order valence-corrected chi connectivity index (χ2v) is 5.87. The van der Waals surface area contributed by atoms with Crippen LogP contribution in [0.1, 0.15) is 25.7 Å². The van der Waals surface area contributed by atoms with Gasteiger partial charge in [-0.05, 0) is 31.0 Å². The molecular formula is C15H17ClN2O2. The van der Waals surface area contributed by atoms with Crippen molar-refractivity contribution in [3.8, 4) is 6.07 Å². The van der Waals surface area contributed by atoms with Crippen LogP contribution in [0, 0.1) is 11.3 Å². The van der Waals surface area contributed by atoms with E-state index in [4.69, 9.17) is 21.1 Å². The fourth-order valence-corrected chi connectivity index (χ4v) is 3.14. The van der Waals surface area contributed by atoms with Crippen LogP contribution in [0.4, 0.5) is 5.69 Å². The predicted molar refractivity (Wildman–Crippen MR) is 76.5 cm³/mol. The Hall–Kier alpha value is -1.28. The Bertz CT molecular complexity index is 525. The first-order chi connectivity index (χ1) is 9.65. The molecule has 4 nitrogen and oxygen atoms in total. The number of hydrogen-bond donors (Lipinski definition) is 1. The third-order valence-electron chi connectivity index (χ3n) is 4.10. The van der Waals surface area contributed by atoms with E-state index >= 15 is 0 Å². The van der Waals surface area contributed by atoms with E-state index in [0.717, 1.165) is 18.5 Å². The van der Waals surface area contributed by atoms with Crippen molar-refractivity contribution in [1.82, 2.24) is 0 Å². The molecule has 0 bridgehead atoms. The Balaban J connectivity index is 1.72. The second kappa shape index (κ2) is 5.25. The third kappa shape index (κ3) is 2.62. The Morgan fingerprint density at radius 2 is 1.85 bits per heavy atom. The van der Waals surface area contributed by atoms with E-state index in [1.54, 1.807) is 0 Å². The maximum absolute atomic E-state index is 9.58. The standard InChI is InChI=1S/C15H17ClN2O2/c16-12-2-1-3-13(10-12)18-14(11-17)4-6-15(7-5-14)19-8-9-20-15/h1-3,10,18H,4-9H2. The molecule has 1 aromatic carbocycles. The molecule has 20 heavy (non-hydrogen) atoms. The van der Waals surface area contributed by atoms with Gasteiger partial charge in [0.2, 0.25) is 0 Å². The van der Waals surface area contributed by atoms with E-state index in [0.29, 0.717) is 31.1 Å². The number of ether oxygens (including phenoxy) is 2. The van der Waals surface area contributed by atoms with E-state index in [-0.39, 0.29) is 0 Å². The van der Waals surface area contributed by atoms with Crippen molar-refractivity contribution >= 4 is 17.3 Å². The normalized spacial score (nSPS) is 23.4. The lowest BCUT2D eigenvalue weighted by Crippen LogP contribution is -2.47. The molecule has 1 heterocycles. The summed E-state index contributed by atoms with van der Waals surface area (Å²) < 4.78 is 11.4. The van der Waals surface area contributed by atoms with Gasteiger partial charge in [-0.1, -0.05) is 17.7 Å². The lowest BCUT2D eigenvalue weighted by atomic mass is 9.79. The van der Waals surface area contributed by atoms with E-state index in [1.807, 2.05) is 24.3 Å². The molecule has 106 valence electrons. The van der Waals surface area contributed by atoms with Crippen LogP contribution in [0.5, 0.6) is 0 Å². The minimum absolute atomic E-state index is 0.448. The van der Waals surface area contributed by atoms with E-state index < -0.39 is 11.3 Å². The average Bonchev–Trinajstić information content (AvgIpc) is 2.91. The van der Waals surface area contributed by atoms with Crippen molar-refractivity contribution in [3.05, 3.63) is 29.3 Å². The van der Waals surface area contributed by atoms with Gasteiger partial charge < -0.3 is 14.8 Å². The zero-order chi connectivity index (χ0) is 14.1. The van der Waals surface area contributed by atoms with Gasteiger partial charge in [0.25, 0.3) is 0 Å². The van der Waals surface area contributed by atoms with Gasteiger partial charge in [-0.3, -0.25) is 0 Å². The van der Waals surface area contributed by atoms with Crippen molar-refractivity contribution in [2.45, 2.75) is 37.0 Å². The van der Waals surface area contributed by atoms with Crippen molar-refractivity contribution < 1.29 is 9.47 Å².